The summed E-state index contributed by atoms with van der Waals surface area (Å²) < 4.78 is 29.4. The SMILES string of the molecule is Cc1ccc(N(CC(=O)N(Cc2ccc(Cl)cc2Cl)C(Cc2ccccc2)C(=O)NC2CCCCC2)S(=O)(=O)c2ccccc2)cc1. The van der Waals surface area contributed by atoms with Gasteiger partial charge in [0, 0.05) is 29.1 Å². The number of sulfonamides is 1. The number of nitrogens with zero attached hydrogens (tertiary/aromatic N) is 2. The number of amides is 2. The number of rotatable bonds is 12. The molecule has 1 unspecified atom stereocenters. The maximum absolute atomic E-state index is 14.7. The molecule has 246 valence electrons. The third kappa shape index (κ3) is 8.95. The van der Waals surface area contributed by atoms with Crippen LogP contribution < -0.4 is 9.62 Å². The Morgan fingerprint density at radius 1 is 0.851 bits per heavy atom. The molecule has 0 aromatic heterocycles. The van der Waals surface area contributed by atoms with Gasteiger partial charge in [-0.2, -0.15) is 0 Å². The summed E-state index contributed by atoms with van der Waals surface area (Å²) in [6.45, 7) is 1.34. The van der Waals surface area contributed by atoms with Gasteiger partial charge in [-0.25, -0.2) is 8.42 Å². The van der Waals surface area contributed by atoms with E-state index >= 15 is 0 Å². The van der Waals surface area contributed by atoms with Crippen molar-refractivity contribution < 1.29 is 18.0 Å². The molecule has 0 aliphatic heterocycles. The predicted molar refractivity (Wildman–Crippen MR) is 188 cm³/mol. The largest absolute Gasteiger partial charge is 0.352 e. The van der Waals surface area contributed by atoms with Gasteiger partial charge in [-0.15, -0.1) is 0 Å². The molecule has 10 heteroatoms. The Morgan fingerprint density at radius 3 is 2.13 bits per heavy atom. The fraction of sp³-hybridized carbons (Fsp3) is 0.297. The topological polar surface area (TPSA) is 86.8 Å². The van der Waals surface area contributed by atoms with Gasteiger partial charge < -0.3 is 10.2 Å². The van der Waals surface area contributed by atoms with E-state index in [4.69, 9.17) is 23.2 Å². The van der Waals surface area contributed by atoms with Crippen molar-refractivity contribution in [3.8, 4) is 0 Å². The Labute approximate surface area is 287 Å². The van der Waals surface area contributed by atoms with Gasteiger partial charge in [0.25, 0.3) is 10.0 Å². The van der Waals surface area contributed by atoms with Crippen LogP contribution in [0.5, 0.6) is 0 Å². The van der Waals surface area contributed by atoms with Gasteiger partial charge >= 0.3 is 0 Å². The van der Waals surface area contributed by atoms with E-state index in [1.54, 1.807) is 60.7 Å². The molecule has 1 aliphatic rings. The number of aryl methyl sites for hydroxylation is 1. The van der Waals surface area contributed by atoms with Crippen molar-refractivity contribution in [2.75, 3.05) is 10.8 Å². The van der Waals surface area contributed by atoms with Crippen molar-refractivity contribution in [1.29, 1.82) is 0 Å². The van der Waals surface area contributed by atoms with Gasteiger partial charge in [0.05, 0.1) is 10.6 Å². The standard InChI is InChI=1S/C37H39Cl2N3O4S/c1-27-17-21-32(22-18-27)42(47(45,46)33-15-9-4-10-16-33)26-36(43)41(25-29-19-20-30(38)24-34(29)39)35(23-28-11-5-2-6-12-28)37(44)40-31-13-7-3-8-14-31/h2,4-6,9-12,15-22,24,31,35H,3,7-8,13-14,23,25-26H2,1H3,(H,40,44). The van der Waals surface area contributed by atoms with Crippen LogP contribution in [0.1, 0.15) is 48.8 Å². The van der Waals surface area contributed by atoms with Crippen molar-refractivity contribution in [3.05, 3.63) is 130 Å². The molecule has 0 heterocycles. The van der Waals surface area contributed by atoms with E-state index in [9.17, 15) is 18.0 Å². The predicted octanol–water partition coefficient (Wildman–Crippen LogP) is 7.59. The van der Waals surface area contributed by atoms with Gasteiger partial charge in [-0.05, 0) is 67.3 Å². The Hall–Kier alpha value is -3.85. The quantitative estimate of drug-likeness (QED) is 0.166. The summed E-state index contributed by atoms with van der Waals surface area (Å²) in [5.74, 6) is -0.831. The lowest BCUT2D eigenvalue weighted by Crippen LogP contribution is -2.55. The number of benzene rings is 4. The fourth-order valence-electron chi connectivity index (χ4n) is 5.89. The van der Waals surface area contributed by atoms with Crippen molar-refractivity contribution in [2.24, 2.45) is 0 Å². The van der Waals surface area contributed by atoms with Crippen molar-refractivity contribution >= 4 is 50.7 Å². The van der Waals surface area contributed by atoms with Crippen molar-refractivity contribution in [2.45, 2.75) is 69.0 Å². The molecule has 2 amide bonds. The third-order valence-electron chi connectivity index (χ3n) is 8.51. The molecular weight excluding hydrogens is 653 g/mol. The minimum absolute atomic E-state index is 0.00751. The van der Waals surface area contributed by atoms with E-state index in [1.807, 2.05) is 37.3 Å². The number of hydrogen-bond donors (Lipinski definition) is 1. The van der Waals surface area contributed by atoms with Crippen LogP contribution in [0.3, 0.4) is 0 Å². The molecular formula is C37H39Cl2N3O4S. The summed E-state index contributed by atoms with van der Waals surface area (Å²) >= 11 is 12.8. The second kappa shape index (κ2) is 15.8. The Kier molecular flexibility index (Phi) is 11.6. The monoisotopic (exact) mass is 691 g/mol. The smallest absolute Gasteiger partial charge is 0.264 e. The van der Waals surface area contributed by atoms with Gasteiger partial charge in [0.15, 0.2) is 0 Å². The minimum atomic E-state index is -4.17. The Balaban J connectivity index is 1.57. The van der Waals surface area contributed by atoms with Gasteiger partial charge in [0.2, 0.25) is 11.8 Å². The van der Waals surface area contributed by atoms with Crippen molar-refractivity contribution in [3.63, 3.8) is 0 Å². The molecule has 5 rings (SSSR count). The number of anilines is 1. The van der Waals surface area contributed by atoms with Crippen LogP contribution in [0.2, 0.25) is 10.0 Å². The Morgan fingerprint density at radius 2 is 1.49 bits per heavy atom. The number of carbonyl (C=O) groups excluding carboxylic acids is 2. The van der Waals surface area contributed by atoms with Crippen LogP contribution in [0, 0.1) is 6.92 Å². The van der Waals surface area contributed by atoms with E-state index in [1.165, 1.54) is 17.0 Å². The summed E-state index contributed by atoms with van der Waals surface area (Å²) in [5.41, 5.74) is 2.73. The Bertz CT molecular complexity index is 1760. The lowest BCUT2D eigenvalue weighted by atomic mass is 9.94. The van der Waals surface area contributed by atoms with Crippen LogP contribution in [0.25, 0.3) is 0 Å². The van der Waals surface area contributed by atoms with Crippen LogP contribution in [-0.4, -0.2) is 43.8 Å². The van der Waals surface area contributed by atoms with E-state index in [2.05, 4.69) is 5.32 Å². The second-order valence-electron chi connectivity index (χ2n) is 12.0. The molecule has 1 aliphatic carbocycles. The summed E-state index contributed by atoms with van der Waals surface area (Å²) in [5, 5.41) is 3.99. The second-order valence-corrected chi connectivity index (χ2v) is 14.7. The molecule has 0 bridgehead atoms. The highest BCUT2D eigenvalue weighted by Crippen LogP contribution is 2.28. The lowest BCUT2D eigenvalue weighted by Gasteiger charge is -2.35. The summed E-state index contributed by atoms with van der Waals surface area (Å²) in [6.07, 6.45) is 5.16. The molecule has 1 N–H and O–H groups in total. The molecule has 7 nitrogen and oxygen atoms in total. The molecule has 0 saturated heterocycles. The van der Waals surface area contributed by atoms with Crippen LogP contribution >= 0.6 is 23.2 Å². The van der Waals surface area contributed by atoms with Gasteiger partial charge in [-0.3, -0.25) is 13.9 Å². The molecule has 47 heavy (non-hydrogen) atoms. The summed E-state index contributed by atoms with van der Waals surface area (Å²) in [7, 11) is -4.17. The first-order valence-electron chi connectivity index (χ1n) is 15.8. The summed E-state index contributed by atoms with van der Waals surface area (Å²) in [4.78, 5) is 30.4. The first-order chi connectivity index (χ1) is 22.6. The average molecular weight is 693 g/mol. The highest BCUT2D eigenvalue weighted by atomic mass is 35.5. The molecule has 4 aromatic carbocycles. The van der Waals surface area contributed by atoms with E-state index in [-0.39, 0.29) is 29.8 Å². The number of carbonyl (C=O) groups is 2. The molecule has 1 fully saturated rings. The maximum atomic E-state index is 14.7. The molecule has 1 saturated carbocycles. The fourth-order valence-corrected chi connectivity index (χ4v) is 7.79. The van der Waals surface area contributed by atoms with E-state index in [0.717, 1.165) is 47.5 Å². The van der Waals surface area contributed by atoms with Crippen molar-refractivity contribution in [1.82, 2.24) is 10.2 Å². The number of hydrogen-bond acceptors (Lipinski definition) is 4. The van der Waals surface area contributed by atoms with Gasteiger partial charge in [0.1, 0.15) is 12.6 Å². The highest BCUT2D eigenvalue weighted by Gasteiger charge is 2.35. The average Bonchev–Trinajstić information content (AvgIpc) is 3.07. The van der Waals surface area contributed by atoms with E-state index in [0.29, 0.717) is 21.3 Å². The summed E-state index contributed by atoms with van der Waals surface area (Å²) in [6, 6.07) is 28.5. The zero-order chi connectivity index (χ0) is 33.4. The first kappa shape index (κ1) is 34.5. The zero-order valence-corrected chi connectivity index (χ0v) is 28.6. The first-order valence-corrected chi connectivity index (χ1v) is 18.0. The minimum Gasteiger partial charge on any atom is -0.352 e. The van der Waals surface area contributed by atoms with Gasteiger partial charge in [-0.1, -0.05) is 115 Å². The molecule has 4 aromatic rings. The maximum Gasteiger partial charge on any atom is 0.264 e. The molecule has 0 spiro atoms. The molecule has 0 radical (unpaired) electrons. The third-order valence-corrected chi connectivity index (χ3v) is 10.9. The number of nitrogens with one attached hydrogen (secondary N) is 1. The van der Waals surface area contributed by atoms with Crippen LogP contribution in [-0.2, 0) is 32.6 Å². The zero-order valence-electron chi connectivity index (χ0n) is 26.3. The molecule has 1 atom stereocenters. The van der Waals surface area contributed by atoms with E-state index < -0.39 is 28.5 Å². The van der Waals surface area contributed by atoms with Crippen LogP contribution in [0.4, 0.5) is 5.69 Å². The number of halogens is 2. The normalized spacial score (nSPS) is 14.3. The lowest BCUT2D eigenvalue weighted by molar-refractivity contribution is -0.140. The van der Waals surface area contributed by atoms with Crippen LogP contribution in [0.15, 0.2) is 108 Å². The highest BCUT2D eigenvalue weighted by molar-refractivity contribution is 7.92.